The topological polar surface area (TPSA) is 58.0 Å². The third-order valence-corrected chi connectivity index (χ3v) is 7.32. The number of carbonyl (C=O) groups excluding carboxylic acids is 2. The SMILES string of the molecule is COCCCn1c(C)cc(C(=O)N2CC3(CC(C(=O)N4CCCC4)N(C)C3)C2)c1C. The summed E-state index contributed by atoms with van der Waals surface area (Å²) in [4.78, 5) is 32.3. The van der Waals surface area contributed by atoms with Crippen molar-refractivity contribution in [1.29, 1.82) is 0 Å². The fourth-order valence-electron chi connectivity index (χ4n) is 5.73. The van der Waals surface area contributed by atoms with Gasteiger partial charge in [0.15, 0.2) is 0 Å². The second-order valence-electron chi connectivity index (χ2n) is 9.61. The van der Waals surface area contributed by atoms with Gasteiger partial charge in [0.2, 0.25) is 5.91 Å². The predicted molar refractivity (Wildman–Crippen MR) is 116 cm³/mol. The molecule has 3 aliphatic rings. The summed E-state index contributed by atoms with van der Waals surface area (Å²) in [5.74, 6) is 0.417. The van der Waals surface area contributed by atoms with Gasteiger partial charge in [-0.1, -0.05) is 0 Å². The first-order valence-corrected chi connectivity index (χ1v) is 11.3. The first-order valence-electron chi connectivity index (χ1n) is 11.3. The Bertz CT molecular complexity index is 806. The van der Waals surface area contributed by atoms with Gasteiger partial charge < -0.3 is 19.1 Å². The molecular formula is C23H36N4O3. The Balaban J connectivity index is 1.38. The highest BCUT2D eigenvalue weighted by Gasteiger charge is 2.54. The van der Waals surface area contributed by atoms with E-state index in [9.17, 15) is 9.59 Å². The van der Waals surface area contributed by atoms with Crippen molar-refractivity contribution in [2.24, 2.45) is 5.41 Å². The number of likely N-dealkylation sites (tertiary alicyclic amines) is 3. The molecule has 2 amide bonds. The number of methoxy groups -OCH3 is 1. The second-order valence-corrected chi connectivity index (χ2v) is 9.61. The van der Waals surface area contributed by atoms with Crippen molar-refractivity contribution in [3.05, 3.63) is 23.0 Å². The molecule has 3 aliphatic heterocycles. The van der Waals surface area contributed by atoms with Gasteiger partial charge in [-0.3, -0.25) is 14.5 Å². The number of ether oxygens (including phenoxy) is 1. The molecule has 166 valence electrons. The molecule has 0 aliphatic carbocycles. The number of aromatic nitrogens is 1. The summed E-state index contributed by atoms with van der Waals surface area (Å²) < 4.78 is 7.38. The van der Waals surface area contributed by atoms with E-state index in [0.717, 1.165) is 88.5 Å². The minimum absolute atomic E-state index is 0.0220. The summed E-state index contributed by atoms with van der Waals surface area (Å²) in [6.07, 6.45) is 4.06. The van der Waals surface area contributed by atoms with Crippen molar-refractivity contribution in [2.75, 3.05) is 53.5 Å². The lowest BCUT2D eigenvalue weighted by atomic mass is 9.77. The van der Waals surface area contributed by atoms with Gasteiger partial charge in [0.1, 0.15) is 0 Å². The molecule has 3 fully saturated rings. The predicted octanol–water partition coefficient (Wildman–Crippen LogP) is 1.91. The smallest absolute Gasteiger partial charge is 0.255 e. The Kier molecular flexibility index (Phi) is 5.95. The maximum absolute atomic E-state index is 13.2. The molecule has 0 bridgehead atoms. The van der Waals surface area contributed by atoms with E-state index in [0.29, 0.717) is 0 Å². The molecule has 0 radical (unpaired) electrons. The minimum Gasteiger partial charge on any atom is -0.385 e. The van der Waals surface area contributed by atoms with Crippen molar-refractivity contribution in [3.63, 3.8) is 0 Å². The lowest BCUT2D eigenvalue weighted by molar-refractivity contribution is -0.134. The first kappa shape index (κ1) is 21.4. The van der Waals surface area contributed by atoms with Crippen LogP contribution in [0.1, 0.15) is 47.4 Å². The van der Waals surface area contributed by atoms with Crippen LogP contribution in [0.5, 0.6) is 0 Å². The van der Waals surface area contributed by atoms with E-state index in [-0.39, 0.29) is 23.3 Å². The van der Waals surface area contributed by atoms with Crippen molar-refractivity contribution in [2.45, 2.75) is 52.1 Å². The fourth-order valence-corrected chi connectivity index (χ4v) is 5.73. The number of hydrogen-bond acceptors (Lipinski definition) is 4. The average molecular weight is 417 g/mol. The molecule has 0 saturated carbocycles. The van der Waals surface area contributed by atoms with E-state index < -0.39 is 0 Å². The number of likely N-dealkylation sites (N-methyl/N-ethyl adjacent to an activating group) is 1. The Labute approximate surface area is 179 Å². The van der Waals surface area contributed by atoms with Crippen LogP contribution in [-0.4, -0.2) is 90.6 Å². The molecule has 3 saturated heterocycles. The standard InChI is InChI=1S/C23H36N4O3/c1-17-12-19(18(2)27(17)10-7-11-30-4)21(28)26-15-23(16-26)13-20(24(3)14-23)22(29)25-8-5-6-9-25/h12,20H,5-11,13-16H2,1-4H3. The zero-order chi connectivity index (χ0) is 21.5. The van der Waals surface area contributed by atoms with Gasteiger partial charge in [-0.15, -0.1) is 0 Å². The van der Waals surface area contributed by atoms with E-state index in [1.165, 1.54) is 0 Å². The van der Waals surface area contributed by atoms with Crippen LogP contribution in [0.3, 0.4) is 0 Å². The lowest BCUT2D eigenvalue weighted by Crippen LogP contribution is -2.59. The van der Waals surface area contributed by atoms with Crippen LogP contribution in [0, 0.1) is 19.3 Å². The molecule has 1 aromatic heterocycles. The average Bonchev–Trinajstić information content (AvgIpc) is 3.40. The molecule has 30 heavy (non-hydrogen) atoms. The Hall–Kier alpha value is -1.86. The molecule has 4 rings (SSSR count). The largest absolute Gasteiger partial charge is 0.385 e. The van der Waals surface area contributed by atoms with Crippen molar-refractivity contribution in [3.8, 4) is 0 Å². The zero-order valence-electron chi connectivity index (χ0n) is 18.9. The van der Waals surface area contributed by atoms with Crippen LogP contribution in [-0.2, 0) is 16.1 Å². The highest BCUT2D eigenvalue weighted by molar-refractivity contribution is 5.96. The summed E-state index contributed by atoms with van der Waals surface area (Å²) >= 11 is 0. The Morgan fingerprint density at radius 1 is 1.13 bits per heavy atom. The van der Waals surface area contributed by atoms with Gasteiger partial charge in [0, 0.05) is 69.8 Å². The first-order chi connectivity index (χ1) is 14.3. The summed E-state index contributed by atoms with van der Waals surface area (Å²) in [5.41, 5.74) is 3.06. The summed E-state index contributed by atoms with van der Waals surface area (Å²) in [6.45, 7) is 9.91. The molecule has 0 aromatic carbocycles. The Morgan fingerprint density at radius 2 is 1.83 bits per heavy atom. The van der Waals surface area contributed by atoms with E-state index >= 15 is 0 Å². The summed E-state index contributed by atoms with van der Waals surface area (Å²) in [7, 11) is 3.78. The number of nitrogens with zero attached hydrogens (tertiary/aromatic N) is 4. The number of amides is 2. The highest BCUT2D eigenvalue weighted by Crippen LogP contribution is 2.43. The van der Waals surface area contributed by atoms with Gasteiger partial charge in [0.05, 0.1) is 11.6 Å². The highest BCUT2D eigenvalue weighted by atomic mass is 16.5. The van der Waals surface area contributed by atoms with Gasteiger partial charge in [-0.2, -0.15) is 0 Å². The lowest BCUT2D eigenvalue weighted by Gasteiger charge is -2.48. The number of hydrogen-bond donors (Lipinski definition) is 0. The van der Waals surface area contributed by atoms with E-state index in [2.05, 4.69) is 23.4 Å². The molecule has 7 nitrogen and oxygen atoms in total. The molecule has 1 atom stereocenters. The van der Waals surface area contributed by atoms with Crippen LogP contribution in [0.4, 0.5) is 0 Å². The monoisotopic (exact) mass is 416 g/mol. The van der Waals surface area contributed by atoms with E-state index in [4.69, 9.17) is 4.74 Å². The van der Waals surface area contributed by atoms with Gasteiger partial charge in [-0.25, -0.2) is 0 Å². The third kappa shape index (κ3) is 3.78. The second kappa shape index (κ2) is 8.35. The maximum Gasteiger partial charge on any atom is 0.255 e. The van der Waals surface area contributed by atoms with Gasteiger partial charge >= 0.3 is 0 Å². The molecule has 0 N–H and O–H groups in total. The van der Waals surface area contributed by atoms with Crippen LogP contribution in [0.2, 0.25) is 0 Å². The number of aryl methyl sites for hydroxylation is 1. The molecule has 1 spiro atoms. The molecule has 1 unspecified atom stereocenters. The van der Waals surface area contributed by atoms with Crippen LogP contribution in [0.15, 0.2) is 6.07 Å². The minimum atomic E-state index is -0.0220. The normalized spacial score (nSPS) is 23.4. The van der Waals surface area contributed by atoms with Gasteiger partial charge in [-0.05, 0) is 52.6 Å². The van der Waals surface area contributed by atoms with E-state index in [1.54, 1.807) is 7.11 Å². The van der Waals surface area contributed by atoms with Crippen LogP contribution < -0.4 is 0 Å². The number of carbonyl (C=O) groups is 2. The number of rotatable bonds is 6. The van der Waals surface area contributed by atoms with Crippen LogP contribution >= 0.6 is 0 Å². The summed E-state index contributed by atoms with van der Waals surface area (Å²) in [5, 5.41) is 0. The molecule has 7 heteroatoms. The zero-order valence-corrected chi connectivity index (χ0v) is 18.9. The fraction of sp³-hybridized carbons (Fsp3) is 0.739. The molecule has 4 heterocycles. The van der Waals surface area contributed by atoms with Crippen molar-refractivity contribution < 1.29 is 14.3 Å². The molecular weight excluding hydrogens is 380 g/mol. The molecule has 1 aromatic rings. The quantitative estimate of drug-likeness (QED) is 0.665. The maximum atomic E-state index is 13.2. The van der Waals surface area contributed by atoms with Crippen molar-refractivity contribution >= 4 is 11.8 Å². The Morgan fingerprint density at radius 3 is 2.50 bits per heavy atom. The van der Waals surface area contributed by atoms with Gasteiger partial charge in [0.25, 0.3) is 5.91 Å². The summed E-state index contributed by atoms with van der Waals surface area (Å²) in [6, 6.07) is 2.00. The van der Waals surface area contributed by atoms with Crippen molar-refractivity contribution in [1.82, 2.24) is 19.3 Å². The van der Waals surface area contributed by atoms with Crippen LogP contribution in [0.25, 0.3) is 0 Å². The van der Waals surface area contributed by atoms with E-state index in [1.807, 2.05) is 22.8 Å². The third-order valence-electron chi connectivity index (χ3n) is 7.32.